The van der Waals surface area contributed by atoms with Crippen molar-refractivity contribution in [2.45, 2.75) is 39.7 Å². The molecule has 132 valence electrons. The van der Waals surface area contributed by atoms with Crippen molar-refractivity contribution in [2.24, 2.45) is 5.92 Å². The molecule has 3 fully saturated rings. The number of amides is 2. The maximum atomic E-state index is 13.2. The molecule has 2 unspecified atom stereocenters. The molecular formula is C20H24N2O3. The Bertz CT molecular complexity index is 854. The van der Waals surface area contributed by atoms with Gasteiger partial charge in [0.1, 0.15) is 5.58 Å². The number of nitrogens with zero attached hydrogens (tertiary/aromatic N) is 2. The molecule has 3 saturated heterocycles. The molecule has 1 aromatic carbocycles. The zero-order valence-electron chi connectivity index (χ0n) is 15.0. The number of furan rings is 1. The molecule has 25 heavy (non-hydrogen) atoms. The molecule has 0 radical (unpaired) electrons. The average molecular weight is 340 g/mol. The highest BCUT2D eigenvalue weighted by atomic mass is 16.3. The first-order valence-electron chi connectivity index (χ1n) is 9.00. The largest absolute Gasteiger partial charge is 0.451 e. The minimum absolute atomic E-state index is 0.0357. The van der Waals surface area contributed by atoms with Gasteiger partial charge in [-0.25, -0.2) is 0 Å². The smallest absolute Gasteiger partial charge is 0.290 e. The monoisotopic (exact) mass is 340 g/mol. The van der Waals surface area contributed by atoms with E-state index in [1.807, 2.05) is 35.8 Å². The molecule has 3 aliphatic heterocycles. The highest BCUT2D eigenvalue weighted by molar-refractivity contribution is 5.99. The van der Waals surface area contributed by atoms with Gasteiger partial charge in [-0.05, 0) is 44.7 Å². The Kier molecular flexibility index (Phi) is 3.82. The first-order valence-corrected chi connectivity index (χ1v) is 9.00. The van der Waals surface area contributed by atoms with Crippen LogP contribution in [0.2, 0.25) is 0 Å². The summed E-state index contributed by atoms with van der Waals surface area (Å²) in [5.74, 6) is 0.870. The Morgan fingerprint density at radius 2 is 1.92 bits per heavy atom. The summed E-state index contributed by atoms with van der Waals surface area (Å²) in [6.45, 7) is 7.71. The molecule has 2 aromatic rings. The molecule has 5 rings (SSSR count). The topological polar surface area (TPSA) is 53.8 Å². The van der Waals surface area contributed by atoms with Crippen molar-refractivity contribution in [3.8, 4) is 0 Å². The number of piperidine rings is 1. The number of aryl methyl sites for hydroxylation is 2. The predicted molar refractivity (Wildman–Crippen MR) is 95.5 cm³/mol. The van der Waals surface area contributed by atoms with Crippen molar-refractivity contribution in [1.82, 2.24) is 9.80 Å². The maximum absolute atomic E-state index is 13.2. The van der Waals surface area contributed by atoms with E-state index < -0.39 is 0 Å². The van der Waals surface area contributed by atoms with Gasteiger partial charge in [-0.15, -0.1) is 0 Å². The summed E-state index contributed by atoms with van der Waals surface area (Å²) in [6.07, 6.45) is 2.04. The van der Waals surface area contributed by atoms with Crippen LogP contribution < -0.4 is 0 Å². The Hall–Kier alpha value is -2.30. The third-order valence-corrected chi connectivity index (χ3v) is 5.71. The van der Waals surface area contributed by atoms with Crippen LogP contribution in [0.25, 0.3) is 11.0 Å². The van der Waals surface area contributed by atoms with Gasteiger partial charge in [-0.2, -0.15) is 0 Å². The molecule has 0 aliphatic carbocycles. The van der Waals surface area contributed by atoms with Gasteiger partial charge in [0.2, 0.25) is 5.91 Å². The van der Waals surface area contributed by atoms with Gasteiger partial charge >= 0.3 is 0 Å². The van der Waals surface area contributed by atoms with Crippen LogP contribution in [0.4, 0.5) is 0 Å². The van der Waals surface area contributed by atoms with Gasteiger partial charge in [0, 0.05) is 43.5 Å². The molecule has 5 nitrogen and oxygen atoms in total. The molecule has 3 aliphatic rings. The van der Waals surface area contributed by atoms with Gasteiger partial charge in [0.25, 0.3) is 5.91 Å². The van der Waals surface area contributed by atoms with Gasteiger partial charge < -0.3 is 14.2 Å². The normalized spacial score (nSPS) is 23.2. The first kappa shape index (κ1) is 16.2. The van der Waals surface area contributed by atoms with Crippen molar-refractivity contribution in [1.29, 1.82) is 0 Å². The lowest BCUT2D eigenvalue weighted by molar-refractivity contribution is -0.129. The van der Waals surface area contributed by atoms with Crippen LogP contribution in [-0.4, -0.2) is 47.3 Å². The lowest BCUT2D eigenvalue weighted by atomic mass is 9.94. The Labute approximate surface area is 147 Å². The second-order valence-electron chi connectivity index (χ2n) is 7.53. The lowest BCUT2D eigenvalue weighted by Crippen LogP contribution is -2.47. The second-order valence-corrected chi connectivity index (χ2v) is 7.53. The van der Waals surface area contributed by atoms with Crippen LogP contribution in [0.1, 0.15) is 41.4 Å². The van der Waals surface area contributed by atoms with Crippen molar-refractivity contribution in [2.75, 3.05) is 19.6 Å². The highest BCUT2D eigenvalue weighted by Crippen LogP contribution is 2.32. The third kappa shape index (κ3) is 2.71. The summed E-state index contributed by atoms with van der Waals surface area (Å²) in [4.78, 5) is 28.9. The lowest BCUT2D eigenvalue weighted by Gasteiger charge is -2.35. The number of rotatable bonds is 1. The molecule has 0 saturated carbocycles. The van der Waals surface area contributed by atoms with E-state index >= 15 is 0 Å². The van der Waals surface area contributed by atoms with Gasteiger partial charge in [0.15, 0.2) is 5.76 Å². The van der Waals surface area contributed by atoms with E-state index in [1.54, 1.807) is 6.92 Å². The molecule has 0 spiro atoms. The second kappa shape index (κ2) is 5.90. The van der Waals surface area contributed by atoms with Crippen LogP contribution in [-0.2, 0) is 4.79 Å². The van der Waals surface area contributed by atoms with Crippen LogP contribution in [0, 0.1) is 19.8 Å². The highest BCUT2D eigenvalue weighted by Gasteiger charge is 2.39. The van der Waals surface area contributed by atoms with Crippen molar-refractivity contribution in [3.63, 3.8) is 0 Å². The maximum Gasteiger partial charge on any atom is 0.290 e. The zero-order valence-corrected chi connectivity index (χ0v) is 15.0. The SMILES string of the molecule is CC(=O)N1CC2CCC(C1)N(C(=O)c1oc3ccc(C)cc3c1C)C2. The quantitative estimate of drug-likeness (QED) is 0.801. The Balaban J connectivity index is 1.67. The number of carbonyl (C=O) groups excluding carboxylic acids is 2. The number of benzene rings is 1. The summed E-state index contributed by atoms with van der Waals surface area (Å²) in [6, 6.07) is 6.08. The molecule has 4 heterocycles. The fourth-order valence-corrected chi connectivity index (χ4v) is 4.26. The van der Waals surface area contributed by atoms with Crippen molar-refractivity contribution >= 4 is 22.8 Å². The minimum atomic E-state index is -0.0357. The van der Waals surface area contributed by atoms with Crippen molar-refractivity contribution in [3.05, 3.63) is 35.1 Å². The fraction of sp³-hybridized carbons (Fsp3) is 0.500. The van der Waals surface area contributed by atoms with E-state index in [0.717, 1.165) is 41.5 Å². The minimum Gasteiger partial charge on any atom is -0.451 e. The van der Waals surface area contributed by atoms with Gasteiger partial charge in [0.05, 0.1) is 0 Å². The van der Waals surface area contributed by atoms with E-state index in [1.165, 1.54) is 0 Å². The third-order valence-electron chi connectivity index (χ3n) is 5.71. The Morgan fingerprint density at radius 3 is 2.68 bits per heavy atom. The number of hydrogen-bond donors (Lipinski definition) is 0. The fourth-order valence-electron chi connectivity index (χ4n) is 4.26. The van der Waals surface area contributed by atoms with Gasteiger partial charge in [-0.1, -0.05) is 11.6 Å². The number of fused-ring (bicyclic) bond motifs is 5. The molecule has 5 heteroatoms. The van der Waals surface area contributed by atoms with E-state index in [9.17, 15) is 9.59 Å². The molecule has 2 atom stereocenters. The van der Waals surface area contributed by atoms with Crippen LogP contribution in [0.5, 0.6) is 0 Å². The molecule has 2 bridgehead atoms. The average Bonchev–Trinajstić information content (AvgIpc) is 2.76. The van der Waals surface area contributed by atoms with E-state index in [-0.39, 0.29) is 17.9 Å². The van der Waals surface area contributed by atoms with Crippen molar-refractivity contribution < 1.29 is 14.0 Å². The van der Waals surface area contributed by atoms with Crippen LogP contribution in [0.3, 0.4) is 0 Å². The van der Waals surface area contributed by atoms with Crippen LogP contribution >= 0.6 is 0 Å². The van der Waals surface area contributed by atoms with Gasteiger partial charge in [-0.3, -0.25) is 9.59 Å². The summed E-state index contributed by atoms with van der Waals surface area (Å²) in [7, 11) is 0. The summed E-state index contributed by atoms with van der Waals surface area (Å²) >= 11 is 0. The number of carbonyl (C=O) groups is 2. The summed E-state index contributed by atoms with van der Waals surface area (Å²) in [5.41, 5.74) is 2.82. The van der Waals surface area contributed by atoms with E-state index in [4.69, 9.17) is 4.42 Å². The standard InChI is InChI=1S/C20H24N2O3/c1-12-4-7-18-17(8-12)13(2)19(25-18)20(24)22-10-15-5-6-16(22)11-21(9-15)14(3)23/h4,7-8,15-16H,5-6,9-11H2,1-3H3. The molecule has 1 aromatic heterocycles. The Morgan fingerprint density at radius 1 is 1.12 bits per heavy atom. The van der Waals surface area contributed by atoms with Crippen LogP contribution in [0.15, 0.2) is 22.6 Å². The summed E-state index contributed by atoms with van der Waals surface area (Å²) in [5, 5.41) is 1.01. The predicted octanol–water partition coefficient (Wildman–Crippen LogP) is 3.13. The number of hydrogen-bond acceptors (Lipinski definition) is 3. The zero-order chi connectivity index (χ0) is 17.7. The molecule has 0 N–H and O–H groups in total. The van der Waals surface area contributed by atoms with E-state index in [0.29, 0.717) is 24.8 Å². The molecule has 2 amide bonds. The van der Waals surface area contributed by atoms with E-state index in [2.05, 4.69) is 6.07 Å². The summed E-state index contributed by atoms with van der Waals surface area (Å²) < 4.78 is 5.92. The molecular weight excluding hydrogens is 316 g/mol. The first-order chi connectivity index (χ1) is 11.9.